The first-order valence-corrected chi connectivity index (χ1v) is 5.41. The minimum atomic E-state index is 0.0588. The van der Waals surface area contributed by atoms with Crippen molar-refractivity contribution in [2.75, 3.05) is 0 Å². The van der Waals surface area contributed by atoms with Gasteiger partial charge in [0.1, 0.15) is 0 Å². The van der Waals surface area contributed by atoms with Crippen molar-refractivity contribution >= 4 is 17.2 Å². The Balaban J connectivity index is 2.71. The monoisotopic (exact) mass is 222 g/mol. The fourth-order valence-electron chi connectivity index (χ4n) is 1.55. The Morgan fingerprint density at radius 1 is 1.27 bits per heavy atom. The van der Waals surface area contributed by atoms with E-state index in [-0.39, 0.29) is 5.41 Å². The number of hydrogen-bond acceptors (Lipinski definition) is 1. The minimum Gasteiger partial charge on any atom is -0.305 e. The molecule has 0 aliphatic heterocycles. The lowest BCUT2D eigenvalue weighted by Gasteiger charge is -2.13. The number of fused-ring (bicyclic) bond motifs is 1. The third kappa shape index (κ3) is 1.86. The lowest BCUT2D eigenvalue weighted by atomic mass is 9.93. The second-order valence-electron chi connectivity index (χ2n) is 4.97. The largest absolute Gasteiger partial charge is 0.305 e. The van der Waals surface area contributed by atoms with Gasteiger partial charge in [-0.3, -0.25) is 0 Å². The summed E-state index contributed by atoms with van der Waals surface area (Å²) in [7, 11) is 0. The Morgan fingerprint density at radius 3 is 2.53 bits per heavy atom. The number of imidazole rings is 1. The fourth-order valence-corrected chi connectivity index (χ4v) is 1.86. The Hall–Kier alpha value is -1.02. The molecule has 2 nitrogen and oxygen atoms in total. The Bertz CT molecular complexity index is 506. The van der Waals surface area contributed by atoms with E-state index in [9.17, 15) is 0 Å². The van der Waals surface area contributed by atoms with E-state index in [1.807, 2.05) is 29.8 Å². The SMILES string of the molecule is Cc1cc(Cl)c2nc(C(C)(C)C)cn2c1. The summed E-state index contributed by atoms with van der Waals surface area (Å²) >= 11 is 6.14. The lowest BCUT2D eigenvalue weighted by Crippen LogP contribution is -2.11. The molecular weight excluding hydrogens is 208 g/mol. The highest BCUT2D eigenvalue weighted by Gasteiger charge is 2.18. The maximum Gasteiger partial charge on any atom is 0.155 e. The number of aromatic nitrogens is 2. The Labute approximate surface area is 94.9 Å². The molecule has 3 heteroatoms. The van der Waals surface area contributed by atoms with Gasteiger partial charge in [0.25, 0.3) is 0 Å². The quantitative estimate of drug-likeness (QED) is 0.666. The van der Waals surface area contributed by atoms with Crippen LogP contribution in [0.1, 0.15) is 32.0 Å². The summed E-state index contributed by atoms with van der Waals surface area (Å²) in [6.07, 6.45) is 4.09. The third-order valence-corrected chi connectivity index (χ3v) is 2.69. The zero-order chi connectivity index (χ0) is 11.2. The summed E-state index contributed by atoms with van der Waals surface area (Å²) < 4.78 is 2.00. The van der Waals surface area contributed by atoms with Crippen LogP contribution in [0.4, 0.5) is 0 Å². The van der Waals surface area contributed by atoms with Crippen LogP contribution in [0, 0.1) is 6.92 Å². The summed E-state index contributed by atoms with van der Waals surface area (Å²) in [5.74, 6) is 0. The topological polar surface area (TPSA) is 17.3 Å². The van der Waals surface area contributed by atoms with Gasteiger partial charge in [0, 0.05) is 17.8 Å². The van der Waals surface area contributed by atoms with Crippen LogP contribution >= 0.6 is 11.6 Å². The number of nitrogens with zero attached hydrogens (tertiary/aromatic N) is 2. The number of pyridine rings is 1. The molecule has 15 heavy (non-hydrogen) atoms. The maximum atomic E-state index is 6.14. The zero-order valence-corrected chi connectivity index (χ0v) is 10.3. The molecule has 2 heterocycles. The van der Waals surface area contributed by atoms with E-state index >= 15 is 0 Å². The molecule has 0 aliphatic carbocycles. The second-order valence-corrected chi connectivity index (χ2v) is 5.38. The van der Waals surface area contributed by atoms with Gasteiger partial charge in [-0.1, -0.05) is 32.4 Å². The van der Waals surface area contributed by atoms with E-state index in [1.165, 1.54) is 0 Å². The van der Waals surface area contributed by atoms with Gasteiger partial charge < -0.3 is 4.40 Å². The molecule has 0 N–H and O–H groups in total. The normalized spacial score (nSPS) is 12.3. The standard InChI is InChI=1S/C12H15ClN2/c1-8-5-9(13)11-14-10(12(2,3)4)7-15(11)6-8/h5-7H,1-4H3. The number of halogens is 1. The van der Waals surface area contributed by atoms with Gasteiger partial charge in [0.15, 0.2) is 5.65 Å². The van der Waals surface area contributed by atoms with Crippen molar-refractivity contribution in [3.63, 3.8) is 0 Å². The van der Waals surface area contributed by atoms with Crippen LogP contribution < -0.4 is 0 Å². The number of aryl methyl sites for hydroxylation is 1. The van der Waals surface area contributed by atoms with E-state index in [2.05, 4.69) is 25.8 Å². The molecule has 0 aromatic carbocycles. The van der Waals surface area contributed by atoms with Crippen LogP contribution in [-0.2, 0) is 5.41 Å². The summed E-state index contributed by atoms with van der Waals surface area (Å²) in [6.45, 7) is 8.47. The molecule has 0 saturated carbocycles. The molecule has 0 unspecified atom stereocenters. The van der Waals surface area contributed by atoms with Crippen LogP contribution in [0.25, 0.3) is 5.65 Å². The predicted molar refractivity (Wildman–Crippen MR) is 63.6 cm³/mol. The van der Waals surface area contributed by atoms with Gasteiger partial charge in [-0.2, -0.15) is 0 Å². The summed E-state index contributed by atoms with van der Waals surface area (Å²) in [6, 6.07) is 1.94. The smallest absolute Gasteiger partial charge is 0.155 e. The van der Waals surface area contributed by atoms with Crippen LogP contribution in [-0.4, -0.2) is 9.38 Å². The average Bonchev–Trinajstić information content (AvgIpc) is 2.46. The molecule has 2 aromatic rings. The van der Waals surface area contributed by atoms with Crippen LogP contribution in [0.15, 0.2) is 18.5 Å². The molecule has 2 rings (SSSR count). The van der Waals surface area contributed by atoms with Crippen LogP contribution in [0.5, 0.6) is 0 Å². The van der Waals surface area contributed by atoms with Crippen molar-refractivity contribution in [1.29, 1.82) is 0 Å². The van der Waals surface area contributed by atoms with E-state index in [1.54, 1.807) is 0 Å². The fraction of sp³-hybridized carbons (Fsp3) is 0.417. The molecule has 0 bridgehead atoms. The lowest BCUT2D eigenvalue weighted by molar-refractivity contribution is 0.573. The molecule has 0 aliphatic rings. The van der Waals surface area contributed by atoms with Crippen molar-refractivity contribution in [2.24, 2.45) is 0 Å². The Morgan fingerprint density at radius 2 is 1.93 bits per heavy atom. The van der Waals surface area contributed by atoms with Gasteiger partial charge in [-0.15, -0.1) is 0 Å². The highest BCUT2D eigenvalue weighted by atomic mass is 35.5. The highest BCUT2D eigenvalue weighted by Crippen LogP contribution is 2.25. The number of rotatable bonds is 0. The van der Waals surface area contributed by atoms with Crippen LogP contribution in [0.2, 0.25) is 5.02 Å². The van der Waals surface area contributed by atoms with E-state index in [0.29, 0.717) is 5.02 Å². The molecular formula is C12H15ClN2. The van der Waals surface area contributed by atoms with Crippen LogP contribution in [0.3, 0.4) is 0 Å². The zero-order valence-electron chi connectivity index (χ0n) is 9.50. The highest BCUT2D eigenvalue weighted by molar-refractivity contribution is 6.33. The average molecular weight is 223 g/mol. The third-order valence-electron chi connectivity index (χ3n) is 2.41. The van der Waals surface area contributed by atoms with Gasteiger partial charge in [-0.05, 0) is 18.6 Å². The van der Waals surface area contributed by atoms with Crippen molar-refractivity contribution in [3.05, 3.63) is 34.7 Å². The first-order valence-electron chi connectivity index (χ1n) is 5.03. The summed E-state index contributed by atoms with van der Waals surface area (Å²) in [5, 5.41) is 0.713. The van der Waals surface area contributed by atoms with E-state index < -0.39 is 0 Å². The van der Waals surface area contributed by atoms with Crippen molar-refractivity contribution in [3.8, 4) is 0 Å². The first-order chi connectivity index (χ1) is 6.88. The van der Waals surface area contributed by atoms with E-state index in [4.69, 9.17) is 11.6 Å². The minimum absolute atomic E-state index is 0.0588. The summed E-state index contributed by atoms with van der Waals surface area (Å²) in [4.78, 5) is 4.56. The second kappa shape index (κ2) is 3.24. The summed E-state index contributed by atoms with van der Waals surface area (Å²) in [5.41, 5.74) is 3.11. The van der Waals surface area contributed by atoms with Gasteiger partial charge in [0.2, 0.25) is 0 Å². The molecule has 0 spiro atoms. The van der Waals surface area contributed by atoms with Crippen molar-refractivity contribution < 1.29 is 0 Å². The van der Waals surface area contributed by atoms with E-state index in [0.717, 1.165) is 16.9 Å². The number of hydrogen-bond donors (Lipinski definition) is 0. The molecule has 0 radical (unpaired) electrons. The Kier molecular flexibility index (Phi) is 2.27. The molecule has 0 amide bonds. The molecule has 0 fully saturated rings. The first kappa shape index (κ1) is 10.5. The predicted octanol–water partition coefficient (Wildman–Crippen LogP) is 3.59. The molecule has 0 atom stereocenters. The maximum absolute atomic E-state index is 6.14. The van der Waals surface area contributed by atoms with Gasteiger partial charge >= 0.3 is 0 Å². The van der Waals surface area contributed by atoms with Gasteiger partial charge in [-0.25, -0.2) is 4.98 Å². The molecule has 2 aromatic heterocycles. The van der Waals surface area contributed by atoms with Crippen molar-refractivity contribution in [2.45, 2.75) is 33.1 Å². The van der Waals surface area contributed by atoms with Gasteiger partial charge in [0.05, 0.1) is 10.7 Å². The molecule has 0 saturated heterocycles. The van der Waals surface area contributed by atoms with Crippen molar-refractivity contribution in [1.82, 2.24) is 9.38 Å². The molecule has 80 valence electrons.